The number of nitrogens with one attached hydrogen (secondary N) is 2. The molecule has 0 fully saturated rings. The number of rotatable bonds is 4. The van der Waals surface area contributed by atoms with Gasteiger partial charge in [0, 0.05) is 12.0 Å². The highest BCUT2D eigenvalue weighted by Gasteiger charge is 2.22. The molecule has 2 aromatic rings. The Labute approximate surface area is 111 Å². The van der Waals surface area contributed by atoms with E-state index >= 15 is 0 Å². The van der Waals surface area contributed by atoms with Crippen LogP contribution in [0.5, 0.6) is 0 Å². The van der Waals surface area contributed by atoms with E-state index in [1.54, 1.807) is 0 Å². The number of hydrogen-bond donors (Lipinski definition) is 2. The van der Waals surface area contributed by atoms with Gasteiger partial charge >= 0.3 is 0 Å². The Kier molecular flexibility index (Phi) is 3.38. The summed E-state index contributed by atoms with van der Waals surface area (Å²) in [6.45, 7) is 6.35. The van der Waals surface area contributed by atoms with E-state index in [1.165, 1.54) is 0 Å². The normalized spacial score (nSPS) is 11.5. The monoisotopic (exact) mass is 259 g/mol. The fourth-order valence-electron chi connectivity index (χ4n) is 2.01. The second-order valence-corrected chi connectivity index (χ2v) is 5.27. The van der Waals surface area contributed by atoms with Gasteiger partial charge in [0.25, 0.3) is 5.91 Å². The minimum Gasteiger partial charge on any atom is -0.349 e. The van der Waals surface area contributed by atoms with Gasteiger partial charge in [-0.25, -0.2) is 4.98 Å². The molecule has 1 aromatic heterocycles. The zero-order valence-electron chi connectivity index (χ0n) is 11.3. The smallest absolute Gasteiger partial charge is 0.284 e. The molecule has 0 saturated heterocycles. The summed E-state index contributed by atoms with van der Waals surface area (Å²) < 4.78 is 0. The Hall–Kier alpha value is -2.17. The second-order valence-electron chi connectivity index (χ2n) is 5.27. The third-order valence-corrected chi connectivity index (χ3v) is 3.19. The molecule has 100 valence electrons. The molecule has 5 heteroatoms. The van der Waals surface area contributed by atoms with Crippen LogP contribution in [0.2, 0.25) is 0 Å². The molecule has 2 N–H and O–H groups in total. The van der Waals surface area contributed by atoms with Crippen LogP contribution in [0.25, 0.3) is 11.0 Å². The summed E-state index contributed by atoms with van der Waals surface area (Å²) in [6, 6.07) is 5.98. The van der Waals surface area contributed by atoms with Gasteiger partial charge in [0.2, 0.25) is 6.29 Å². The lowest BCUT2D eigenvalue weighted by Crippen LogP contribution is -2.37. The first-order chi connectivity index (χ1) is 8.92. The number of aryl methyl sites for hydroxylation is 1. The van der Waals surface area contributed by atoms with E-state index in [2.05, 4.69) is 15.3 Å². The van der Waals surface area contributed by atoms with Crippen LogP contribution in [0, 0.1) is 6.92 Å². The van der Waals surface area contributed by atoms with E-state index in [4.69, 9.17) is 0 Å². The SMILES string of the molecule is Cc1nc2ccc(C(C)(C)CNC(=O)C=O)cc2[nH]1. The highest BCUT2D eigenvalue weighted by atomic mass is 16.2. The van der Waals surface area contributed by atoms with Crippen LogP contribution < -0.4 is 5.32 Å². The minimum absolute atomic E-state index is 0.258. The summed E-state index contributed by atoms with van der Waals surface area (Å²) >= 11 is 0. The maximum Gasteiger partial charge on any atom is 0.284 e. The zero-order chi connectivity index (χ0) is 14.0. The largest absolute Gasteiger partial charge is 0.349 e. The van der Waals surface area contributed by atoms with Crippen molar-refractivity contribution in [3.63, 3.8) is 0 Å². The van der Waals surface area contributed by atoms with Gasteiger partial charge in [0.05, 0.1) is 11.0 Å². The lowest BCUT2D eigenvalue weighted by atomic mass is 9.84. The number of carbonyl (C=O) groups is 2. The minimum atomic E-state index is -0.591. The predicted molar refractivity (Wildman–Crippen MR) is 72.9 cm³/mol. The summed E-state index contributed by atoms with van der Waals surface area (Å²) in [7, 11) is 0. The number of carbonyl (C=O) groups excluding carboxylic acids is 2. The molecule has 19 heavy (non-hydrogen) atoms. The Morgan fingerprint density at radius 3 is 2.89 bits per heavy atom. The third-order valence-electron chi connectivity index (χ3n) is 3.19. The van der Waals surface area contributed by atoms with Crippen molar-refractivity contribution in [1.29, 1.82) is 0 Å². The van der Waals surface area contributed by atoms with Gasteiger partial charge in [0.1, 0.15) is 5.82 Å². The Morgan fingerprint density at radius 1 is 1.47 bits per heavy atom. The molecule has 0 atom stereocenters. The molecule has 0 saturated carbocycles. The van der Waals surface area contributed by atoms with Crippen LogP contribution in [0.4, 0.5) is 0 Å². The van der Waals surface area contributed by atoms with E-state index in [-0.39, 0.29) is 11.7 Å². The maximum absolute atomic E-state index is 11.0. The number of H-pyrrole nitrogens is 1. The standard InChI is InChI=1S/C14H17N3O2/c1-9-16-11-5-4-10(6-12(11)17-9)14(2,3)8-15-13(19)7-18/h4-7H,8H2,1-3H3,(H,15,19)(H,16,17). The van der Waals surface area contributed by atoms with Crippen molar-refractivity contribution >= 4 is 23.2 Å². The molecular weight excluding hydrogens is 242 g/mol. The van der Waals surface area contributed by atoms with Gasteiger partial charge in [-0.05, 0) is 24.6 Å². The molecule has 0 spiro atoms. The molecule has 0 aliphatic rings. The van der Waals surface area contributed by atoms with Gasteiger partial charge < -0.3 is 10.3 Å². The van der Waals surface area contributed by atoms with E-state index in [1.807, 2.05) is 39.0 Å². The predicted octanol–water partition coefficient (Wildman–Crippen LogP) is 1.46. The Balaban J connectivity index is 2.25. The first kappa shape index (κ1) is 13.3. The van der Waals surface area contributed by atoms with Crippen molar-refractivity contribution in [1.82, 2.24) is 15.3 Å². The molecule has 2 rings (SSSR count). The zero-order valence-corrected chi connectivity index (χ0v) is 11.3. The summed E-state index contributed by atoms with van der Waals surface area (Å²) in [5, 5.41) is 2.59. The lowest BCUT2D eigenvalue weighted by molar-refractivity contribution is -0.131. The number of aromatic nitrogens is 2. The highest BCUT2D eigenvalue weighted by molar-refractivity contribution is 6.23. The molecule has 0 bridgehead atoms. The van der Waals surface area contributed by atoms with Crippen molar-refractivity contribution in [3.05, 3.63) is 29.6 Å². The topological polar surface area (TPSA) is 74.8 Å². The molecule has 1 heterocycles. The number of amides is 1. The maximum atomic E-state index is 11.0. The molecule has 5 nitrogen and oxygen atoms in total. The quantitative estimate of drug-likeness (QED) is 0.645. The molecule has 1 aromatic carbocycles. The molecular formula is C14H17N3O2. The fourth-order valence-corrected chi connectivity index (χ4v) is 2.01. The number of hydrogen-bond acceptors (Lipinski definition) is 3. The molecule has 0 aliphatic heterocycles. The van der Waals surface area contributed by atoms with Crippen LogP contribution in [0.15, 0.2) is 18.2 Å². The van der Waals surface area contributed by atoms with Crippen molar-refractivity contribution in [2.75, 3.05) is 6.54 Å². The summed E-state index contributed by atoms with van der Waals surface area (Å²) in [5.74, 6) is 0.283. The average molecular weight is 259 g/mol. The Morgan fingerprint density at radius 2 is 2.21 bits per heavy atom. The number of nitrogens with zero attached hydrogens (tertiary/aromatic N) is 1. The van der Waals surface area contributed by atoms with Gasteiger partial charge in [-0.2, -0.15) is 0 Å². The Bertz CT molecular complexity index is 629. The van der Waals surface area contributed by atoms with Crippen LogP contribution in [0.3, 0.4) is 0 Å². The molecule has 0 radical (unpaired) electrons. The van der Waals surface area contributed by atoms with Crippen LogP contribution in [-0.2, 0) is 15.0 Å². The summed E-state index contributed by atoms with van der Waals surface area (Å²) in [6.07, 6.45) is 0.289. The van der Waals surface area contributed by atoms with Crippen molar-refractivity contribution in [3.8, 4) is 0 Å². The first-order valence-corrected chi connectivity index (χ1v) is 6.12. The van der Waals surface area contributed by atoms with E-state index < -0.39 is 5.91 Å². The summed E-state index contributed by atoms with van der Waals surface area (Å²) in [5.41, 5.74) is 2.72. The van der Waals surface area contributed by atoms with Gasteiger partial charge in [-0.15, -0.1) is 0 Å². The molecule has 1 amide bonds. The number of imidazole rings is 1. The summed E-state index contributed by atoms with van der Waals surface area (Å²) in [4.78, 5) is 28.9. The van der Waals surface area contributed by atoms with Crippen LogP contribution in [0.1, 0.15) is 25.2 Å². The van der Waals surface area contributed by atoms with Gasteiger partial charge in [0.15, 0.2) is 0 Å². The number of aldehydes is 1. The third kappa shape index (κ3) is 2.81. The van der Waals surface area contributed by atoms with Gasteiger partial charge in [-0.1, -0.05) is 19.9 Å². The number of aromatic amines is 1. The number of benzene rings is 1. The lowest BCUT2D eigenvalue weighted by Gasteiger charge is -2.25. The van der Waals surface area contributed by atoms with Crippen molar-refractivity contribution in [2.45, 2.75) is 26.2 Å². The van der Waals surface area contributed by atoms with Crippen molar-refractivity contribution in [2.24, 2.45) is 0 Å². The van der Waals surface area contributed by atoms with Gasteiger partial charge in [-0.3, -0.25) is 9.59 Å². The second kappa shape index (κ2) is 4.84. The van der Waals surface area contributed by atoms with E-state index in [0.717, 1.165) is 22.4 Å². The highest BCUT2D eigenvalue weighted by Crippen LogP contribution is 2.25. The van der Waals surface area contributed by atoms with Crippen LogP contribution >= 0.6 is 0 Å². The average Bonchev–Trinajstić information content (AvgIpc) is 2.74. The van der Waals surface area contributed by atoms with Crippen molar-refractivity contribution < 1.29 is 9.59 Å². The number of fused-ring (bicyclic) bond motifs is 1. The molecule has 0 aliphatic carbocycles. The van der Waals surface area contributed by atoms with Crippen LogP contribution in [-0.4, -0.2) is 28.7 Å². The fraction of sp³-hybridized carbons (Fsp3) is 0.357. The molecule has 0 unspecified atom stereocenters. The van der Waals surface area contributed by atoms with E-state index in [0.29, 0.717) is 6.54 Å². The van der Waals surface area contributed by atoms with E-state index in [9.17, 15) is 9.59 Å². The first-order valence-electron chi connectivity index (χ1n) is 6.12.